The largest absolute Gasteiger partial charge is 0.391 e. The summed E-state index contributed by atoms with van der Waals surface area (Å²) in [5, 5.41) is 11.7. The van der Waals surface area contributed by atoms with Crippen molar-refractivity contribution in [3.8, 4) is 0 Å². The number of rotatable bonds is 2. The molecule has 24 heavy (non-hydrogen) atoms. The van der Waals surface area contributed by atoms with Gasteiger partial charge in [-0.3, -0.25) is 9.80 Å². The van der Waals surface area contributed by atoms with Gasteiger partial charge in [0.05, 0.1) is 12.3 Å². The van der Waals surface area contributed by atoms with E-state index in [4.69, 9.17) is 0 Å². The molecule has 0 aliphatic carbocycles. The third-order valence-corrected chi connectivity index (χ3v) is 6.74. The van der Waals surface area contributed by atoms with Crippen molar-refractivity contribution < 1.29 is 5.11 Å². The van der Waals surface area contributed by atoms with Gasteiger partial charge >= 0.3 is 0 Å². The Morgan fingerprint density at radius 2 is 1.12 bits per heavy atom. The zero-order chi connectivity index (χ0) is 16.4. The van der Waals surface area contributed by atoms with E-state index in [1.807, 2.05) is 0 Å². The summed E-state index contributed by atoms with van der Waals surface area (Å²) >= 11 is 0. The normalized spacial score (nSPS) is 43.1. The Bertz CT molecular complexity index is 669. The van der Waals surface area contributed by atoms with Crippen molar-refractivity contribution in [3.05, 3.63) is 71.8 Å². The fourth-order valence-electron chi connectivity index (χ4n) is 5.52. The highest BCUT2D eigenvalue weighted by Gasteiger charge is 2.65. The third-order valence-electron chi connectivity index (χ3n) is 6.74. The predicted octanol–water partition coefficient (Wildman–Crippen LogP) is 2.21. The Morgan fingerprint density at radius 3 is 1.50 bits per heavy atom. The van der Waals surface area contributed by atoms with E-state index < -0.39 is 0 Å². The number of nitrogens with zero attached hydrogens (tertiary/aromatic N) is 2. The summed E-state index contributed by atoms with van der Waals surface area (Å²) in [5.41, 5.74) is 2.17. The van der Waals surface area contributed by atoms with Crippen molar-refractivity contribution in [2.24, 2.45) is 0 Å². The Kier molecular flexibility index (Phi) is 3.00. The van der Waals surface area contributed by atoms with Crippen molar-refractivity contribution in [1.82, 2.24) is 9.80 Å². The topological polar surface area (TPSA) is 26.7 Å². The standard InChI is InChI=1S/C21H24N2O/c1-16-22-12-20(17-8-4-2-5-9-17)13-23(16)15-21(14-22,19(20)24)18-10-6-3-7-11-18/h2-11,16,19,24H,12-15H2,1H3. The maximum atomic E-state index is 11.7. The number of hydrogen-bond donors (Lipinski definition) is 1. The Balaban J connectivity index is 1.69. The van der Waals surface area contributed by atoms with E-state index in [-0.39, 0.29) is 16.9 Å². The van der Waals surface area contributed by atoms with Crippen LogP contribution in [0.3, 0.4) is 0 Å². The van der Waals surface area contributed by atoms with Crippen LogP contribution in [0.5, 0.6) is 0 Å². The molecule has 0 amide bonds. The average molecular weight is 320 g/mol. The van der Waals surface area contributed by atoms with Gasteiger partial charge in [0.1, 0.15) is 0 Å². The van der Waals surface area contributed by atoms with Crippen LogP contribution in [-0.4, -0.2) is 53.4 Å². The Morgan fingerprint density at radius 1 is 0.750 bits per heavy atom. The van der Waals surface area contributed by atoms with E-state index in [0.29, 0.717) is 6.17 Å². The minimum absolute atomic E-state index is 0.194. The van der Waals surface area contributed by atoms with Crippen molar-refractivity contribution in [2.45, 2.75) is 30.0 Å². The molecule has 6 rings (SSSR count). The molecule has 4 saturated heterocycles. The zero-order valence-corrected chi connectivity index (χ0v) is 14.1. The minimum atomic E-state index is -0.352. The van der Waals surface area contributed by atoms with E-state index in [0.717, 1.165) is 26.2 Å². The summed E-state index contributed by atoms with van der Waals surface area (Å²) in [7, 11) is 0. The quantitative estimate of drug-likeness (QED) is 0.919. The van der Waals surface area contributed by atoms with Crippen LogP contribution in [0.1, 0.15) is 18.1 Å². The molecule has 3 nitrogen and oxygen atoms in total. The van der Waals surface area contributed by atoms with Gasteiger partial charge < -0.3 is 5.11 Å². The van der Waals surface area contributed by atoms with Gasteiger partial charge in [0.25, 0.3) is 0 Å². The molecule has 4 aliphatic heterocycles. The van der Waals surface area contributed by atoms with Gasteiger partial charge in [0.2, 0.25) is 0 Å². The SMILES string of the molecule is CC1N2CC3(c4ccccc4)CN1CC(c1ccccc1)(C2)C3O. The van der Waals surface area contributed by atoms with E-state index >= 15 is 0 Å². The second-order valence-corrected chi connectivity index (χ2v) is 7.89. The molecule has 4 heterocycles. The molecule has 124 valence electrons. The van der Waals surface area contributed by atoms with Crippen LogP contribution in [-0.2, 0) is 10.8 Å². The summed E-state index contributed by atoms with van der Waals surface area (Å²) in [4.78, 5) is 5.14. The summed E-state index contributed by atoms with van der Waals surface area (Å²) in [6, 6.07) is 21.3. The maximum Gasteiger partial charge on any atom is 0.0782 e. The van der Waals surface area contributed by atoms with Gasteiger partial charge in [-0.2, -0.15) is 0 Å². The fourth-order valence-corrected chi connectivity index (χ4v) is 5.52. The monoisotopic (exact) mass is 320 g/mol. The molecule has 0 aromatic heterocycles. The van der Waals surface area contributed by atoms with Crippen molar-refractivity contribution in [2.75, 3.05) is 26.2 Å². The van der Waals surface area contributed by atoms with E-state index in [2.05, 4.69) is 77.4 Å². The molecule has 0 atom stereocenters. The molecular formula is C21H24N2O. The lowest BCUT2D eigenvalue weighted by atomic mass is 9.55. The number of piperidine rings is 2. The van der Waals surface area contributed by atoms with E-state index in [1.54, 1.807) is 0 Å². The number of aliphatic hydroxyl groups is 1. The summed E-state index contributed by atoms with van der Waals surface area (Å²) in [6.45, 7) is 6.10. The first-order chi connectivity index (χ1) is 11.7. The molecule has 0 unspecified atom stereocenters. The lowest BCUT2D eigenvalue weighted by Gasteiger charge is -2.69. The van der Waals surface area contributed by atoms with Gasteiger partial charge in [-0.25, -0.2) is 0 Å². The molecule has 2 aromatic carbocycles. The highest BCUT2D eigenvalue weighted by atomic mass is 16.3. The first-order valence-electron chi connectivity index (χ1n) is 8.93. The second-order valence-electron chi connectivity index (χ2n) is 7.89. The molecule has 0 saturated carbocycles. The van der Waals surface area contributed by atoms with Crippen LogP contribution in [0.4, 0.5) is 0 Å². The second kappa shape index (κ2) is 4.92. The third kappa shape index (κ3) is 1.72. The highest BCUT2D eigenvalue weighted by Crippen LogP contribution is 2.53. The minimum Gasteiger partial charge on any atom is -0.391 e. The molecule has 1 N–H and O–H groups in total. The average Bonchev–Trinajstić information content (AvgIpc) is 2.63. The molecule has 3 heteroatoms. The van der Waals surface area contributed by atoms with Crippen molar-refractivity contribution >= 4 is 0 Å². The molecular weight excluding hydrogens is 296 g/mol. The highest BCUT2D eigenvalue weighted by molar-refractivity contribution is 5.42. The number of aliphatic hydroxyl groups excluding tert-OH is 1. The van der Waals surface area contributed by atoms with Gasteiger partial charge in [-0.15, -0.1) is 0 Å². The predicted molar refractivity (Wildman–Crippen MR) is 94.9 cm³/mol. The van der Waals surface area contributed by atoms with Crippen molar-refractivity contribution in [3.63, 3.8) is 0 Å². The van der Waals surface area contributed by atoms with E-state index in [1.165, 1.54) is 11.1 Å². The summed E-state index contributed by atoms with van der Waals surface area (Å²) < 4.78 is 0. The van der Waals surface area contributed by atoms with Gasteiger partial charge in [0.15, 0.2) is 0 Å². The van der Waals surface area contributed by atoms with Gasteiger partial charge in [0, 0.05) is 37.0 Å². The van der Waals surface area contributed by atoms with Crippen LogP contribution in [0.25, 0.3) is 0 Å². The molecule has 2 aromatic rings. The smallest absolute Gasteiger partial charge is 0.0782 e. The van der Waals surface area contributed by atoms with Gasteiger partial charge in [-0.1, -0.05) is 60.7 Å². The lowest BCUT2D eigenvalue weighted by molar-refractivity contribution is -0.202. The lowest BCUT2D eigenvalue weighted by Crippen LogP contribution is -2.83. The first kappa shape index (κ1) is 14.6. The molecule has 0 spiro atoms. The molecule has 0 radical (unpaired) electrons. The van der Waals surface area contributed by atoms with Crippen LogP contribution in [0.2, 0.25) is 0 Å². The summed E-state index contributed by atoms with van der Waals surface area (Å²) in [6.07, 6.45) is 0.112. The summed E-state index contributed by atoms with van der Waals surface area (Å²) in [5.74, 6) is 0. The molecule has 4 fully saturated rings. The van der Waals surface area contributed by atoms with Gasteiger partial charge in [-0.05, 0) is 18.1 Å². The molecule has 4 aliphatic rings. The number of hydrogen-bond acceptors (Lipinski definition) is 3. The Hall–Kier alpha value is -1.68. The van der Waals surface area contributed by atoms with Crippen molar-refractivity contribution in [1.29, 1.82) is 0 Å². The van der Waals surface area contributed by atoms with Crippen LogP contribution < -0.4 is 0 Å². The van der Waals surface area contributed by atoms with Crippen LogP contribution >= 0.6 is 0 Å². The van der Waals surface area contributed by atoms with Crippen LogP contribution in [0.15, 0.2) is 60.7 Å². The fraction of sp³-hybridized carbons (Fsp3) is 0.429. The zero-order valence-electron chi connectivity index (χ0n) is 14.1. The number of benzene rings is 2. The molecule has 4 bridgehead atoms. The first-order valence-corrected chi connectivity index (χ1v) is 8.93. The Labute approximate surface area is 143 Å². The maximum absolute atomic E-state index is 11.7. The van der Waals surface area contributed by atoms with E-state index in [9.17, 15) is 5.11 Å². The van der Waals surface area contributed by atoms with Crippen LogP contribution in [0, 0.1) is 0 Å².